The van der Waals surface area contributed by atoms with Gasteiger partial charge in [0.05, 0.1) is 12.2 Å². The van der Waals surface area contributed by atoms with Crippen molar-refractivity contribution in [3.05, 3.63) is 47.0 Å². The van der Waals surface area contributed by atoms with Crippen LogP contribution in [0.4, 0.5) is 4.39 Å². The summed E-state index contributed by atoms with van der Waals surface area (Å²) >= 11 is 0. The smallest absolute Gasteiger partial charge is 0.123 e. The molecule has 1 N–H and O–H groups in total. The van der Waals surface area contributed by atoms with Crippen LogP contribution in [0.25, 0.3) is 0 Å². The number of aliphatic hydroxyl groups is 1. The van der Waals surface area contributed by atoms with Gasteiger partial charge in [-0.15, -0.1) is 5.10 Å². The number of halogens is 1. The second-order valence-corrected chi connectivity index (χ2v) is 5.90. The van der Waals surface area contributed by atoms with E-state index in [1.54, 1.807) is 16.9 Å². The predicted octanol–water partition coefficient (Wildman–Crippen LogP) is 2.33. The minimum absolute atomic E-state index is 0.0784. The predicted molar refractivity (Wildman–Crippen MR) is 78.9 cm³/mol. The molecule has 118 valence electrons. The number of hydrogen-bond acceptors (Lipinski definition) is 4. The average Bonchev–Trinajstić information content (AvgIpc) is 2.98. The molecule has 0 bridgehead atoms. The Bertz CT molecular complexity index is 665. The van der Waals surface area contributed by atoms with Crippen LogP contribution in [0.1, 0.15) is 42.6 Å². The molecule has 1 aliphatic heterocycles. The molecule has 0 saturated carbocycles. The van der Waals surface area contributed by atoms with E-state index in [-0.39, 0.29) is 11.9 Å². The zero-order chi connectivity index (χ0) is 15.7. The molecule has 1 aliphatic rings. The van der Waals surface area contributed by atoms with Gasteiger partial charge in [-0.25, -0.2) is 9.07 Å². The Labute approximate surface area is 128 Å². The van der Waals surface area contributed by atoms with Gasteiger partial charge in [0.25, 0.3) is 0 Å². The molecule has 22 heavy (non-hydrogen) atoms. The fraction of sp³-hybridized carbons (Fsp3) is 0.500. The molecule has 1 aromatic heterocycles. The summed E-state index contributed by atoms with van der Waals surface area (Å²) in [6.07, 6.45) is 2.82. The molecule has 0 spiro atoms. The van der Waals surface area contributed by atoms with Gasteiger partial charge in [0.15, 0.2) is 0 Å². The second kappa shape index (κ2) is 5.78. The molecule has 1 aromatic carbocycles. The van der Waals surface area contributed by atoms with Crippen LogP contribution in [0.15, 0.2) is 24.4 Å². The maximum Gasteiger partial charge on any atom is 0.123 e. The summed E-state index contributed by atoms with van der Waals surface area (Å²) in [5, 5.41) is 18.9. The van der Waals surface area contributed by atoms with Crippen molar-refractivity contribution < 1.29 is 14.2 Å². The minimum atomic E-state index is -0.964. The van der Waals surface area contributed by atoms with Crippen LogP contribution in [0.2, 0.25) is 0 Å². The van der Waals surface area contributed by atoms with E-state index in [0.717, 1.165) is 11.1 Å². The van der Waals surface area contributed by atoms with E-state index in [0.29, 0.717) is 31.7 Å². The first-order valence-electron chi connectivity index (χ1n) is 7.48. The molecule has 1 fully saturated rings. The van der Waals surface area contributed by atoms with E-state index in [1.807, 2.05) is 13.8 Å². The maximum absolute atomic E-state index is 13.2. The van der Waals surface area contributed by atoms with Crippen molar-refractivity contribution in [1.82, 2.24) is 15.0 Å². The van der Waals surface area contributed by atoms with Crippen LogP contribution in [-0.2, 0) is 10.3 Å². The SMILES string of the molecule is Cc1cc(F)ccc1[C@H](C)n1cc(C2(O)CCOCC2)nn1. The standard InChI is InChI=1S/C16H20FN3O2/c1-11-9-13(17)3-4-14(11)12(2)20-10-15(18-19-20)16(21)5-7-22-8-6-16/h3-4,9-10,12,21H,5-8H2,1-2H3/t12-/m0/s1. The molecule has 0 unspecified atom stereocenters. The lowest BCUT2D eigenvalue weighted by atomic mass is 9.91. The zero-order valence-corrected chi connectivity index (χ0v) is 12.8. The second-order valence-electron chi connectivity index (χ2n) is 5.90. The van der Waals surface area contributed by atoms with Crippen LogP contribution in [0.3, 0.4) is 0 Å². The maximum atomic E-state index is 13.2. The zero-order valence-electron chi connectivity index (χ0n) is 12.8. The number of hydrogen-bond donors (Lipinski definition) is 1. The molecule has 0 radical (unpaired) electrons. The molecule has 5 nitrogen and oxygen atoms in total. The third kappa shape index (κ3) is 2.76. The topological polar surface area (TPSA) is 60.2 Å². The fourth-order valence-electron chi connectivity index (χ4n) is 2.89. The highest BCUT2D eigenvalue weighted by atomic mass is 19.1. The Morgan fingerprint density at radius 2 is 2.09 bits per heavy atom. The van der Waals surface area contributed by atoms with Crippen molar-refractivity contribution in [3.63, 3.8) is 0 Å². The first-order valence-corrected chi connectivity index (χ1v) is 7.48. The molecule has 0 amide bonds. The van der Waals surface area contributed by atoms with Gasteiger partial charge in [-0.05, 0) is 37.1 Å². The minimum Gasteiger partial charge on any atom is -0.383 e. The van der Waals surface area contributed by atoms with Gasteiger partial charge in [-0.2, -0.15) is 0 Å². The van der Waals surface area contributed by atoms with E-state index < -0.39 is 5.60 Å². The fourth-order valence-corrected chi connectivity index (χ4v) is 2.89. The van der Waals surface area contributed by atoms with E-state index in [4.69, 9.17) is 4.74 Å². The van der Waals surface area contributed by atoms with Gasteiger partial charge in [0.1, 0.15) is 17.1 Å². The number of aryl methyl sites for hydroxylation is 1. The van der Waals surface area contributed by atoms with Gasteiger partial charge < -0.3 is 9.84 Å². The summed E-state index contributed by atoms with van der Waals surface area (Å²) in [7, 11) is 0. The van der Waals surface area contributed by atoms with Crippen LogP contribution in [-0.4, -0.2) is 33.3 Å². The summed E-state index contributed by atoms with van der Waals surface area (Å²) in [6, 6.07) is 4.64. The van der Waals surface area contributed by atoms with Gasteiger partial charge >= 0.3 is 0 Å². The van der Waals surface area contributed by atoms with Crippen molar-refractivity contribution in [1.29, 1.82) is 0 Å². The van der Waals surface area contributed by atoms with E-state index in [1.165, 1.54) is 12.1 Å². The van der Waals surface area contributed by atoms with Crippen LogP contribution >= 0.6 is 0 Å². The molecule has 3 rings (SSSR count). The van der Waals surface area contributed by atoms with Crippen LogP contribution < -0.4 is 0 Å². The van der Waals surface area contributed by atoms with E-state index in [9.17, 15) is 9.50 Å². The van der Waals surface area contributed by atoms with Gasteiger partial charge in [-0.1, -0.05) is 11.3 Å². The number of rotatable bonds is 3. The highest BCUT2D eigenvalue weighted by Gasteiger charge is 2.35. The van der Waals surface area contributed by atoms with Crippen LogP contribution in [0, 0.1) is 12.7 Å². The molecule has 1 saturated heterocycles. The lowest BCUT2D eigenvalue weighted by Crippen LogP contribution is -2.33. The first kappa shape index (κ1) is 15.1. The molecule has 2 aromatic rings. The Balaban J connectivity index is 1.86. The number of nitrogens with zero attached hydrogens (tertiary/aromatic N) is 3. The van der Waals surface area contributed by atoms with Crippen molar-refractivity contribution in [2.24, 2.45) is 0 Å². The highest BCUT2D eigenvalue weighted by Crippen LogP contribution is 2.31. The molecule has 2 heterocycles. The Hall–Kier alpha value is -1.79. The lowest BCUT2D eigenvalue weighted by Gasteiger charge is -2.29. The average molecular weight is 305 g/mol. The molecular formula is C16H20FN3O2. The van der Waals surface area contributed by atoms with Gasteiger partial charge in [-0.3, -0.25) is 0 Å². The summed E-state index contributed by atoms with van der Waals surface area (Å²) in [4.78, 5) is 0. The normalized spacial score (nSPS) is 19.1. The number of ether oxygens (including phenoxy) is 1. The Morgan fingerprint density at radius 3 is 2.77 bits per heavy atom. The van der Waals surface area contributed by atoms with E-state index >= 15 is 0 Å². The molecule has 0 aliphatic carbocycles. The first-order chi connectivity index (χ1) is 10.5. The quantitative estimate of drug-likeness (QED) is 0.945. The van der Waals surface area contributed by atoms with Crippen LogP contribution in [0.5, 0.6) is 0 Å². The summed E-state index contributed by atoms with van der Waals surface area (Å²) in [5.74, 6) is -0.246. The van der Waals surface area contributed by atoms with Crippen molar-refractivity contribution in [2.45, 2.75) is 38.3 Å². The monoisotopic (exact) mass is 305 g/mol. The van der Waals surface area contributed by atoms with Crippen molar-refractivity contribution in [3.8, 4) is 0 Å². The van der Waals surface area contributed by atoms with Gasteiger partial charge in [0.2, 0.25) is 0 Å². The van der Waals surface area contributed by atoms with Crippen molar-refractivity contribution in [2.75, 3.05) is 13.2 Å². The van der Waals surface area contributed by atoms with Gasteiger partial charge in [0, 0.05) is 26.1 Å². The molecule has 1 atom stereocenters. The number of aromatic nitrogens is 3. The summed E-state index contributed by atoms with van der Waals surface area (Å²) in [6.45, 7) is 4.90. The Kier molecular flexibility index (Phi) is 3.97. The van der Waals surface area contributed by atoms with Crippen molar-refractivity contribution >= 4 is 0 Å². The highest BCUT2D eigenvalue weighted by molar-refractivity contribution is 5.29. The molecular weight excluding hydrogens is 285 g/mol. The summed E-state index contributed by atoms with van der Waals surface area (Å²) in [5.41, 5.74) is 1.46. The molecule has 6 heteroatoms. The third-order valence-corrected chi connectivity index (χ3v) is 4.39. The third-order valence-electron chi connectivity index (χ3n) is 4.39. The Morgan fingerprint density at radius 1 is 1.36 bits per heavy atom. The lowest BCUT2D eigenvalue weighted by molar-refractivity contribution is -0.0706. The summed E-state index contributed by atoms with van der Waals surface area (Å²) < 4.78 is 20.2. The number of benzene rings is 1. The largest absolute Gasteiger partial charge is 0.383 e. The van der Waals surface area contributed by atoms with E-state index in [2.05, 4.69) is 10.3 Å².